The van der Waals surface area contributed by atoms with E-state index in [-0.39, 0.29) is 34.6 Å². The second-order valence-corrected chi connectivity index (χ2v) is 8.88. The van der Waals surface area contributed by atoms with Gasteiger partial charge in [-0.3, -0.25) is 20.2 Å². The molecule has 1 aromatic heterocycles. The molecule has 11 heteroatoms. The Bertz CT molecular complexity index is 1760. The number of para-hydroxylation sites is 3. The summed E-state index contributed by atoms with van der Waals surface area (Å²) in [6.45, 7) is 0.150. The lowest BCUT2D eigenvalue weighted by molar-refractivity contribution is -0.385. The van der Waals surface area contributed by atoms with Crippen LogP contribution in [0.3, 0.4) is 0 Å². The zero-order valence-electron chi connectivity index (χ0n) is 20.6. The van der Waals surface area contributed by atoms with Crippen LogP contribution in [0.1, 0.15) is 16.8 Å². The molecule has 1 heterocycles. The molecule has 0 spiro atoms. The molecule has 4 aromatic carbocycles. The second kappa shape index (κ2) is 11.6. The van der Waals surface area contributed by atoms with Gasteiger partial charge in [-0.15, -0.1) is 0 Å². The van der Waals surface area contributed by atoms with Crippen LogP contribution in [0.15, 0.2) is 91.0 Å². The summed E-state index contributed by atoms with van der Waals surface area (Å²) in [4.78, 5) is 30.7. The van der Waals surface area contributed by atoms with Gasteiger partial charge in [0.25, 0.3) is 5.69 Å². The lowest BCUT2D eigenvalue weighted by Gasteiger charge is -2.11. The third-order valence-electron chi connectivity index (χ3n) is 5.74. The summed E-state index contributed by atoms with van der Waals surface area (Å²) in [5.74, 6) is 0.614. The first-order valence-corrected chi connectivity index (χ1v) is 12.3. The van der Waals surface area contributed by atoms with Gasteiger partial charge in [-0.05, 0) is 47.5 Å². The Labute approximate surface area is 232 Å². The number of aromatic nitrogens is 2. The number of fused-ring (bicyclic) bond motifs is 1. The molecule has 40 heavy (non-hydrogen) atoms. The van der Waals surface area contributed by atoms with Crippen LogP contribution >= 0.6 is 11.6 Å². The third-order valence-corrected chi connectivity index (χ3v) is 6.04. The summed E-state index contributed by atoms with van der Waals surface area (Å²) in [7, 11) is 0. The van der Waals surface area contributed by atoms with E-state index in [4.69, 9.17) is 21.1 Å². The van der Waals surface area contributed by atoms with E-state index >= 15 is 0 Å². The van der Waals surface area contributed by atoms with Gasteiger partial charge in [0.1, 0.15) is 18.1 Å². The summed E-state index contributed by atoms with van der Waals surface area (Å²) in [6.07, 6.45) is 3.40. The van der Waals surface area contributed by atoms with Crippen molar-refractivity contribution >= 4 is 46.2 Å². The van der Waals surface area contributed by atoms with Gasteiger partial charge in [0.05, 0.1) is 25.9 Å². The first-order valence-electron chi connectivity index (χ1n) is 11.9. The Kier molecular flexibility index (Phi) is 7.61. The maximum absolute atomic E-state index is 11.3. The number of hydrogen-bond acceptors (Lipinski definition) is 8. The van der Waals surface area contributed by atoms with E-state index in [9.17, 15) is 20.2 Å². The summed E-state index contributed by atoms with van der Waals surface area (Å²) in [5, 5.41) is 22.6. The molecule has 0 radical (unpaired) electrons. The highest BCUT2D eigenvalue weighted by atomic mass is 35.5. The van der Waals surface area contributed by atoms with Crippen molar-refractivity contribution in [1.29, 1.82) is 0 Å². The standard InChI is InChI=1S/C29H19ClN4O6/c30-23-7-4-10-27(34(37)38)28(23)40-22-14-11-20(12-15-22)18-39-29-26(31-24-8-1-2-9-25(24)32-29)16-13-19-5-3-6-21(17-19)33(35)36/h1-17H,18H2. The summed E-state index contributed by atoms with van der Waals surface area (Å²) < 4.78 is 11.7. The highest BCUT2D eigenvalue weighted by Crippen LogP contribution is 2.37. The van der Waals surface area contributed by atoms with Gasteiger partial charge in [-0.1, -0.05) is 60.1 Å². The molecule has 0 fully saturated rings. The number of non-ortho nitro benzene ring substituents is 1. The van der Waals surface area contributed by atoms with Crippen LogP contribution in [0.4, 0.5) is 11.4 Å². The van der Waals surface area contributed by atoms with E-state index in [1.54, 1.807) is 48.6 Å². The Morgan fingerprint density at radius 3 is 2.25 bits per heavy atom. The number of hydrogen-bond donors (Lipinski definition) is 0. The summed E-state index contributed by atoms with van der Waals surface area (Å²) in [6, 6.07) is 24.7. The zero-order chi connectivity index (χ0) is 28.1. The monoisotopic (exact) mass is 554 g/mol. The van der Waals surface area contributed by atoms with Gasteiger partial charge in [-0.2, -0.15) is 0 Å². The topological polar surface area (TPSA) is 131 Å². The van der Waals surface area contributed by atoms with Crippen LogP contribution in [0.2, 0.25) is 5.02 Å². The molecule has 0 aliphatic rings. The third kappa shape index (κ3) is 6.03. The zero-order valence-corrected chi connectivity index (χ0v) is 21.4. The molecule has 0 N–H and O–H groups in total. The first kappa shape index (κ1) is 26.3. The van der Waals surface area contributed by atoms with Gasteiger partial charge in [-0.25, -0.2) is 9.97 Å². The van der Waals surface area contributed by atoms with Gasteiger partial charge in [0.15, 0.2) is 0 Å². The minimum atomic E-state index is -0.556. The lowest BCUT2D eigenvalue weighted by Crippen LogP contribution is -2.01. The molecule has 0 amide bonds. The molecule has 0 saturated carbocycles. The lowest BCUT2D eigenvalue weighted by atomic mass is 10.1. The van der Waals surface area contributed by atoms with Crippen molar-refractivity contribution in [2.45, 2.75) is 6.61 Å². The molecule has 5 aromatic rings. The molecule has 0 atom stereocenters. The average molecular weight is 555 g/mol. The molecule has 0 aliphatic carbocycles. The largest absolute Gasteiger partial charge is 0.471 e. The average Bonchev–Trinajstić information content (AvgIpc) is 2.96. The summed E-state index contributed by atoms with van der Waals surface area (Å²) in [5.41, 5.74) is 2.93. The number of nitro groups is 2. The molecule has 0 saturated heterocycles. The minimum absolute atomic E-state index is 0.0141. The van der Waals surface area contributed by atoms with Crippen molar-refractivity contribution in [3.8, 4) is 17.4 Å². The number of nitrogens with zero attached hydrogens (tertiary/aromatic N) is 4. The van der Waals surface area contributed by atoms with E-state index in [0.717, 1.165) is 5.56 Å². The van der Waals surface area contributed by atoms with E-state index < -0.39 is 9.85 Å². The van der Waals surface area contributed by atoms with Crippen molar-refractivity contribution in [1.82, 2.24) is 9.97 Å². The van der Waals surface area contributed by atoms with E-state index in [0.29, 0.717) is 28.0 Å². The molecule has 0 aliphatic heterocycles. The number of nitro benzene ring substituents is 2. The molecule has 10 nitrogen and oxygen atoms in total. The summed E-state index contributed by atoms with van der Waals surface area (Å²) >= 11 is 6.12. The highest BCUT2D eigenvalue weighted by Gasteiger charge is 2.19. The fourth-order valence-corrected chi connectivity index (χ4v) is 4.00. The number of rotatable bonds is 9. The van der Waals surface area contributed by atoms with Crippen molar-refractivity contribution in [2.24, 2.45) is 0 Å². The fraction of sp³-hybridized carbons (Fsp3) is 0.0345. The van der Waals surface area contributed by atoms with E-state index in [2.05, 4.69) is 9.97 Å². The van der Waals surface area contributed by atoms with Gasteiger partial charge in [0.2, 0.25) is 11.6 Å². The van der Waals surface area contributed by atoms with Crippen molar-refractivity contribution in [3.63, 3.8) is 0 Å². The van der Waals surface area contributed by atoms with Crippen LogP contribution in [-0.4, -0.2) is 19.8 Å². The Morgan fingerprint density at radius 2 is 1.52 bits per heavy atom. The number of ether oxygens (including phenoxy) is 2. The first-order chi connectivity index (χ1) is 19.4. The van der Waals surface area contributed by atoms with E-state index in [1.807, 2.05) is 24.3 Å². The second-order valence-electron chi connectivity index (χ2n) is 8.47. The fourth-order valence-electron chi connectivity index (χ4n) is 3.80. The SMILES string of the molecule is O=[N+]([O-])c1cccc(C=Cc2nc3ccccc3nc2OCc2ccc(Oc3c(Cl)cccc3[N+](=O)[O-])cc2)c1. The molecule has 0 bridgehead atoms. The normalized spacial score (nSPS) is 11.0. The van der Waals surface area contributed by atoms with Crippen LogP contribution < -0.4 is 9.47 Å². The van der Waals surface area contributed by atoms with Gasteiger partial charge < -0.3 is 9.47 Å². The Hall–Kier alpha value is -5.35. The predicted molar refractivity (Wildman–Crippen MR) is 151 cm³/mol. The van der Waals surface area contributed by atoms with E-state index in [1.165, 1.54) is 30.3 Å². The highest BCUT2D eigenvalue weighted by molar-refractivity contribution is 6.32. The van der Waals surface area contributed by atoms with Crippen LogP contribution in [-0.2, 0) is 6.61 Å². The van der Waals surface area contributed by atoms with Crippen LogP contribution in [0.5, 0.6) is 17.4 Å². The number of halogens is 1. The Balaban J connectivity index is 1.36. The molecule has 0 unspecified atom stereocenters. The Morgan fingerprint density at radius 1 is 0.800 bits per heavy atom. The molecular formula is C29H19ClN4O6. The maximum atomic E-state index is 11.3. The van der Waals surface area contributed by atoms with Gasteiger partial charge in [0, 0.05) is 18.2 Å². The van der Waals surface area contributed by atoms with Gasteiger partial charge >= 0.3 is 5.69 Å². The maximum Gasteiger partial charge on any atom is 0.313 e. The van der Waals surface area contributed by atoms with Crippen LogP contribution in [0, 0.1) is 20.2 Å². The van der Waals surface area contributed by atoms with Crippen molar-refractivity contribution in [3.05, 3.63) is 133 Å². The van der Waals surface area contributed by atoms with Crippen LogP contribution in [0.25, 0.3) is 23.2 Å². The number of benzene rings is 4. The smallest absolute Gasteiger partial charge is 0.313 e. The molecular weight excluding hydrogens is 536 g/mol. The molecule has 198 valence electrons. The van der Waals surface area contributed by atoms with Crippen molar-refractivity contribution in [2.75, 3.05) is 0 Å². The predicted octanol–water partition coefficient (Wildman–Crippen LogP) is 7.64. The quantitative estimate of drug-likeness (QED) is 0.134. The minimum Gasteiger partial charge on any atom is -0.471 e. The molecule has 5 rings (SSSR count). The van der Waals surface area contributed by atoms with Crippen molar-refractivity contribution < 1.29 is 19.3 Å².